The van der Waals surface area contributed by atoms with Gasteiger partial charge in [0.05, 0.1) is 12.3 Å². The van der Waals surface area contributed by atoms with Crippen molar-refractivity contribution in [2.24, 2.45) is 7.05 Å². The fraction of sp³-hybridized carbons (Fsp3) is 0.333. The number of halogens is 2. The summed E-state index contributed by atoms with van der Waals surface area (Å²) in [4.78, 5) is 14.9. The van der Waals surface area contributed by atoms with Gasteiger partial charge in [-0.3, -0.25) is 14.4 Å². The third-order valence-electron chi connectivity index (χ3n) is 5.50. The molecule has 0 spiro atoms. The van der Waals surface area contributed by atoms with Crippen LogP contribution in [0.3, 0.4) is 0 Å². The van der Waals surface area contributed by atoms with Gasteiger partial charge in [0.1, 0.15) is 12.4 Å². The van der Waals surface area contributed by atoms with Gasteiger partial charge in [-0.15, -0.1) is 0 Å². The molecule has 0 saturated carbocycles. The molecule has 2 aromatic carbocycles. The van der Waals surface area contributed by atoms with Gasteiger partial charge >= 0.3 is 0 Å². The maximum Gasteiger partial charge on any atom is 0.255 e. The average Bonchev–Trinajstić information content (AvgIpc) is 3.06. The molecule has 3 aromatic rings. The second-order valence-corrected chi connectivity index (χ2v) is 7.79. The van der Waals surface area contributed by atoms with E-state index in [0.717, 1.165) is 62.7 Å². The van der Waals surface area contributed by atoms with Crippen LogP contribution >= 0.6 is 0 Å². The Kier molecular flexibility index (Phi) is 7.31. The summed E-state index contributed by atoms with van der Waals surface area (Å²) in [5.74, 6) is -1.95. The van der Waals surface area contributed by atoms with Crippen LogP contribution in [0.4, 0.5) is 14.5 Å². The van der Waals surface area contributed by atoms with E-state index in [4.69, 9.17) is 9.47 Å². The highest BCUT2D eigenvalue weighted by Gasteiger charge is 2.15. The van der Waals surface area contributed by atoms with Crippen LogP contribution in [0.1, 0.15) is 16.8 Å². The number of rotatable bonds is 7. The quantitative estimate of drug-likeness (QED) is 0.587. The highest BCUT2D eigenvalue weighted by Crippen LogP contribution is 2.32. The first kappa shape index (κ1) is 22.9. The minimum absolute atomic E-state index is 0.0257. The average molecular weight is 456 g/mol. The molecule has 1 aliphatic heterocycles. The monoisotopic (exact) mass is 456 g/mol. The lowest BCUT2D eigenvalue weighted by Gasteiger charge is -2.20. The molecule has 1 aliphatic rings. The van der Waals surface area contributed by atoms with Crippen molar-refractivity contribution < 1.29 is 23.0 Å². The molecular weight excluding hydrogens is 430 g/mol. The van der Waals surface area contributed by atoms with Gasteiger partial charge in [0.25, 0.3) is 5.91 Å². The van der Waals surface area contributed by atoms with Gasteiger partial charge in [-0.05, 0) is 48.9 Å². The van der Waals surface area contributed by atoms with E-state index in [2.05, 4.69) is 15.3 Å². The second kappa shape index (κ2) is 10.5. The summed E-state index contributed by atoms with van der Waals surface area (Å²) in [6.07, 6.45) is 2.69. The molecule has 174 valence electrons. The Morgan fingerprint density at radius 1 is 1.12 bits per heavy atom. The fourth-order valence-corrected chi connectivity index (χ4v) is 3.72. The zero-order chi connectivity index (χ0) is 23.2. The highest BCUT2D eigenvalue weighted by molar-refractivity contribution is 6.04. The first-order valence-corrected chi connectivity index (χ1v) is 10.8. The zero-order valence-corrected chi connectivity index (χ0v) is 18.4. The first-order chi connectivity index (χ1) is 16.0. The number of carbonyl (C=O) groups is 1. The molecule has 0 unspecified atom stereocenters. The number of anilines is 1. The first-order valence-electron chi connectivity index (χ1n) is 10.8. The number of ether oxygens (including phenoxy) is 2. The van der Waals surface area contributed by atoms with E-state index in [1.807, 2.05) is 13.1 Å². The summed E-state index contributed by atoms with van der Waals surface area (Å²) in [6, 6.07) is 10.2. The Morgan fingerprint density at radius 2 is 2.00 bits per heavy atom. The molecule has 2 heterocycles. The lowest BCUT2D eigenvalue weighted by molar-refractivity contribution is 0.102. The summed E-state index contributed by atoms with van der Waals surface area (Å²) in [6.45, 7) is 4.67. The number of aromatic nitrogens is 2. The number of amides is 1. The molecule has 33 heavy (non-hydrogen) atoms. The molecule has 0 atom stereocenters. The molecule has 1 fully saturated rings. The number of nitrogens with one attached hydrogen (secondary N) is 1. The van der Waals surface area contributed by atoms with E-state index in [1.165, 1.54) is 6.07 Å². The van der Waals surface area contributed by atoms with Gasteiger partial charge in [-0.1, -0.05) is 0 Å². The van der Waals surface area contributed by atoms with Gasteiger partial charge in [-0.25, -0.2) is 8.78 Å². The summed E-state index contributed by atoms with van der Waals surface area (Å²) in [7, 11) is 1.82. The largest absolute Gasteiger partial charge is 0.492 e. The number of aryl methyl sites for hydroxylation is 1. The van der Waals surface area contributed by atoms with E-state index >= 15 is 0 Å². The lowest BCUT2D eigenvalue weighted by atomic mass is 10.1. The van der Waals surface area contributed by atoms with Crippen LogP contribution in [0.5, 0.6) is 5.75 Å². The standard InChI is InChI=1S/C24H26F2N4O3/c1-29-22(7-8-27-29)19-16-18(28-24(31)17-3-5-20(25)21(26)15-17)4-6-23(19)33-14-11-30-9-2-12-32-13-10-30/h3-8,15-16H,2,9-14H2,1H3,(H,28,31). The molecule has 7 nitrogen and oxygen atoms in total. The topological polar surface area (TPSA) is 68.6 Å². The molecule has 9 heteroatoms. The maximum absolute atomic E-state index is 13.5. The highest BCUT2D eigenvalue weighted by atomic mass is 19.2. The van der Waals surface area contributed by atoms with Crippen molar-refractivity contribution in [3.05, 3.63) is 65.9 Å². The fourth-order valence-electron chi connectivity index (χ4n) is 3.72. The molecule has 1 N–H and O–H groups in total. The van der Waals surface area contributed by atoms with Crippen LogP contribution in [-0.4, -0.2) is 60.0 Å². The van der Waals surface area contributed by atoms with Crippen LogP contribution < -0.4 is 10.1 Å². The second-order valence-electron chi connectivity index (χ2n) is 7.79. The van der Waals surface area contributed by atoms with Crippen molar-refractivity contribution in [2.75, 3.05) is 44.8 Å². The minimum atomic E-state index is -1.07. The van der Waals surface area contributed by atoms with Crippen molar-refractivity contribution in [1.82, 2.24) is 14.7 Å². The third kappa shape index (κ3) is 5.74. The Bertz CT molecular complexity index is 1110. The van der Waals surface area contributed by atoms with E-state index < -0.39 is 17.5 Å². The number of hydrogen-bond donors (Lipinski definition) is 1. The number of hydrogen-bond acceptors (Lipinski definition) is 5. The van der Waals surface area contributed by atoms with E-state index in [1.54, 1.807) is 29.1 Å². The number of carbonyl (C=O) groups excluding carboxylic acids is 1. The van der Waals surface area contributed by atoms with Crippen LogP contribution in [0.15, 0.2) is 48.7 Å². The summed E-state index contributed by atoms with van der Waals surface area (Å²) in [5.41, 5.74) is 2.10. The molecule has 4 rings (SSSR count). The predicted octanol–water partition coefficient (Wildman–Crippen LogP) is 3.72. The zero-order valence-electron chi connectivity index (χ0n) is 18.4. The molecule has 0 radical (unpaired) electrons. The van der Waals surface area contributed by atoms with Crippen molar-refractivity contribution in [1.29, 1.82) is 0 Å². The normalized spacial score (nSPS) is 14.6. The smallest absolute Gasteiger partial charge is 0.255 e. The third-order valence-corrected chi connectivity index (χ3v) is 5.50. The van der Waals surface area contributed by atoms with E-state index in [-0.39, 0.29) is 5.56 Å². The minimum Gasteiger partial charge on any atom is -0.492 e. The predicted molar refractivity (Wildman–Crippen MR) is 120 cm³/mol. The van der Waals surface area contributed by atoms with Gasteiger partial charge in [0.15, 0.2) is 11.6 Å². The van der Waals surface area contributed by atoms with Crippen LogP contribution in [0, 0.1) is 11.6 Å². The molecule has 0 bridgehead atoms. The van der Waals surface area contributed by atoms with Crippen LogP contribution in [0.2, 0.25) is 0 Å². The number of nitrogens with zero attached hydrogens (tertiary/aromatic N) is 3. The van der Waals surface area contributed by atoms with Crippen molar-refractivity contribution in [2.45, 2.75) is 6.42 Å². The van der Waals surface area contributed by atoms with Crippen molar-refractivity contribution in [3.8, 4) is 17.0 Å². The van der Waals surface area contributed by atoms with Gasteiger partial charge in [0, 0.05) is 56.3 Å². The summed E-state index contributed by atoms with van der Waals surface area (Å²) < 4.78 is 40.0. The van der Waals surface area contributed by atoms with Crippen molar-refractivity contribution >= 4 is 11.6 Å². The molecule has 0 aliphatic carbocycles. The van der Waals surface area contributed by atoms with E-state index in [9.17, 15) is 13.6 Å². The Hall–Kier alpha value is -3.30. The van der Waals surface area contributed by atoms with Crippen LogP contribution in [-0.2, 0) is 11.8 Å². The molecular formula is C24H26F2N4O3. The Balaban J connectivity index is 1.50. The van der Waals surface area contributed by atoms with Gasteiger partial charge < -0.3 is 14.8 Å². The van der Waals surface area contributed by atoms with Crippen molar-refractivity contribution in [3.63, 3.8) is 0 Å². The molecule has 1 saturated heterocycles. The van der Waals surface area contributed by atoms with E-state index in [0.29, 0.717) is 18.0 Å². The molecule has 1 aromatic heterocycles. The van der Waals surface area contributed by atoms with Crippen LogP contribution in [0.25, 0.3) is 11.3 Å². The molecule has 1 amide bonds. The summed E-state index contributed by atoms with van der Waals surface area (Å²) in [5, 5.41) is 6.96. The van der Waals surface area contributed by atoms with Gasteiger partial charge in [0.2, 0.25) is 0 Å². The number of benzene rings is 2. The summed E-state index contributed by atoms with van der Waals surface area (Å²) >= 11 is 0. The van der Waals surface area contributed by atoms with Gasteiger partial charge in [-0.2, -0.15) is 5.10 Å². The SMILES string of the molecule is Cn1nccc1-c1cc(NC(=O)c2ccc(F)c(F)c2)ccc1OCCN1CCCOCC1. The Morgan fingerprint density at radius 3 is 2.79 bits per heavy atom. The lowest BCUT2D eigenvalue weighted by Crippen LogP contribution is -2.30. The maximum atomic E-state index is 13.5. The Labute approximate surface area is 190 Å².